The molecule has 5 N–H and O–H groups in total. The van der Waals surface area contributed by atoms with Crippen molar-refractivity contribution >= 4 is 5.97 Å². The van der Waals surface area contributed by atoms with E-state index in [-0.39, 0.29) is 11.3 Å². The van der Waals surface area contributed by atoms with E-state index in [1.165, 1.54) is 7.11 Å². The number of aliphatic carboxylic acids is 1. The number of carbonyl (C=O) groups is 1. The van der Waals surface area contributed by atoms with Crippen molar-refractivity contribution in [3.8, 4) is 17.2 Å². The van der Waals surface area contributed by atoms with E-state index in [1.54, 1.807) is 36.4 Å². The van der Waals surface area contributed by atoms with E-state index in [4.69, 9.17) is 19.9 Å². The van der Waals surface area contributed by atoms with Crippen LogP contribution in [0, 0.1) is 5.92 Å². The van der Waals surface area contributed by atoms with Crippen LogP contribution in [-0.2, 0) is 10.4 Å². The molecule has 0 aromatic heterocycles. The minimum Gasteiger partial charge on any atom is -0.496 e. The molecule has 0 saturated heterocycles. The second-order valence-corrected chi connectivity index (χ2v) is 7.95. The van der Waals surface area contributed by atoms with Gasteiger partial charge in [0.05, 0.1) is 25.2 Å². The molecule has 5 atom stereocenters. The Balaban J connectivity index is 1.76. The summed E-state index contributed by atoms with van der Waals surface area (Å²) in [6.07, 6.45) is -0.963. The third kappa shape index (κ3) is 3.40. The molecule has 4 rings (SSSR count). The van der Waals surface area contributed by atoms with Gasteiger partial charge in [0.15, 0.2) is 5.60 Å². The van der Waals surface area contributed by atoms with Gasteiger partial charge in [-0.2, -0.15) is 0 Å². The van der Waals surface area contributed by atoms with Crippen LogP contribution in [0.25, 0.3) is 0 Å². The molecule has 1 saturated carbocycles. The molecule has 0 amide bonds. The molecule has 2 aromatic rings. The van der Waals surface area contributed by atoms with E-state index in [0.29, 0.717) is 30.2 Å². The van der Waals surface area contributed by atoms with Gasteiger partial charge in [-0.1, -0.05) is 30.3 Å². The summed E-state index contributed by atoms with van der Waals surface area (Å²) in [6.45, 7) is 1.04. The highest BCUT2D eigenvalue weighted by atomic mass is 16.5. The Bertz CT molecular complexity index is 950. The SMILES string of the molecule is COc1cc(OCCCCN)cc2c1[C@]1(O)C(O)C(C(=O)O)[C@@H](c3ccccc3)C1O2. The van der Waals surface area contributed by atoms with Gasteiger partial charge < -0.3 is 35.3 Å². The van der Waals surface area contributed by atoms with Crippen molar-refractivity contribution in [2.45, 2.75) is 36.6 Å². The van der Waals surface area contributed by atoms with Crippen LogP contribution in [0.2, 0.25) is 0 Å². The molecule has 2 aliphatic rings. The van der Waals surface area contributed by atoms with E-state index >= 15 is 0 Å². The molecule has 1 aliphatic carbocycles. The molecule has 166 valence electrons. The maximum atomic E-state index is 12.1. The van der Waals surface area contributed by atoms with Gasteiger partial charge in [0.2, 0.25) is 0 Å². The molecule has 0 radical (unpaired) electrons. The molecule has 2 aromatic carbocycles. The van der Waals surface area contributed by atoms with Crippen LogP contribution in [0.5, 0.6) is 17.2 Å². The molecular weight excluding hydrogens is 402 g/mol. The first kappa shape index (κ1) is 21.4. The third-order valence-corrected chi connectivity index (χ3v) is 6.19. The average molecular weight is 429 g/mol. The first-order chi connectivity index (χ1) is 14.9. The maximum absolute atomic E-state index is 12.1. The summed E-state index contributed by atoms with van der Waals surface area (Å²) in [6, 6.07) is 12.2. The van der Waals surface area contributed by atoms with Gasteiger partial charge in [0, 0.05) is 18.1 Å². The Morgan fingerprint density at radius 3 is 2.61 bits per heavy atom. The lowest BCUT2D eigenvalue weighted by Crippen LogP contribution is -2.44. The number of benzene rings is 2. The number of rotatable bonds is 8. The van der Waals surface area contributed by atoms with Crippen LogP contribution in [0.4, 0.5) is 0 Å². The fourth-order valence-electron chi connectivity index (χ4n) is 4.77. The predicted octanol–water partition coefficient (Wildman–Crippen LogP) is 1.62. The standard InChI is InChI=1S/C23H27NO7/c1-29-15-11-14(30-10-6-5-9-24)12-16-19(15)23(28)20(25)18(22(26)27)17(21(23)31-16)13-7-3-2-4-8-13/h2-4,7-8,11-12,17-18,20-21,25,28H,5-6,9-10,24H2,1H3,(H,26,27)/t17-,18?,20?,21?,23+/m1/s1. The summed E-state index contributed by atoms with van der Waals surface area (Å²) < 4.78 is 17.4. The van der Waals surface area contributed by atoms with Crippen molar-refractivity contribution in [2.75, 3.05) is 20.3 Å². The van der Waals surface area contributed by atoms with Gasteiger partial charge in [0.1, 0.15) is 29.5 Å². The smallest absolute Gasteiger partial charge is 0.310 e. The first-order valence-electron chi connectivity index (χ1n) is 10.3. The molecule has 1 heterocycles. The van der Waals surface area contributed by atoms with E-state index in [1.807, 2.05) is 6.07 Å². The Morgan fingerprint density at radius 2 is 1.97 bits per heavy atom. The fourth-order valence-corrected chi connectivity index (χ4v) is 4.77. The molecule has 3 unspecified atom stereocenters. The van der Waals surface area contributed by atoms with E-state index in [0.717, 1.165) is 12.8 Å². The minimum absolute atomic E-state index is 0.242. The lowest BCUT2D eigenvalue weighted by Gasteiger charge is -2.27. The number of methoxy groups -OCH3 is 1. The highest BCUT2D eigenvalue weighted by Crippen LogP contribution is 2.60. The monoisotopic (exact) mass is 429 g/mol. The van der Waals surface area contributed by atoms with Crippen LogP contribution in [0.3, 0.4) is 0 Å². The van der Waals surface area contributed by atoms with Crippen LogP contribution >= 0.6 is 0 Å². The Kier molecular flexibility index (Phi) is 5.79. The molecule has 31 heavy (non-hydrogen) atoms. The van der Waals surface area contributed by atoms with Gasteiger partial charge in [-0.3, -0.25) is 4.79 Å². The molecule has 1 aliphatic heterocycles. The quantitative estimate of drug-likeness (QED) is 0.466. The normalized spacial score (nSPS) is 28.5. The number of carboxylic acid groups (broad SMARTS) is 1. The van der Waals surface area contributed by atoms with E-state index < -0.39 is 35.6 Å². The molecular formula is C23H27NO7. The zero-order valence-corrected chi connectivity index (χ0v) is 17.2. The van der Waals surface area contributed by atoms with Crippen LogP contribution in [0.1, 0.15) is 29.9 Å². The third-order valence-electron chi connectivity index (χ3n) is 6.19. The molecule has 8 heteroatoms. The number of carboxylic acids is 1. The lowest BCUT2D eigenvalue weighted by molar-refractivity contribution is -0.150. The topological polar surface area (TPSA) is 131 Å². The summed E-state index contributed by atoms with van der Waals surface area (Å²) in [5.41, 5.74) is 4.48. The van der Waals surface area contributed by atoms with Crippen molar-refractivity contribution in [2.24, 2.45) is 11.7 Å². The van der Waals surface area contributed by atoms with E-state index in [2.05, 4.69) is 0 Å². The number of hydrogen-bond acceptors (Lipinski definition) is 7. The number of aliphatic hydroxyl groups is 2. The summed E-state index contributed by atoms with van der Waals surface area (Å²) in [5, 5.41) is 32.6. The molecule has 1 fully saturated rings. The highest BCUT2D eigenvalue weighted by Gasteiger charge is 2.69. The van der Waals surface area contributed by atoms with Crippen LogP contribution < -0.4 is 19.9 Å². The number of unbranched alkanes of at least 4 members (excludes halogenated alkanes) is 1. The Hall–Kier alpha value is -2.81. The second kappa shape index (κ2) is 8.37. The van der Waals surface area contributed by atoms with Gasteiger partial charge in [0.25, 0.3) is 0 Å². The summed E-state index contributed by atoms with van der Waals surface area (Å²) in [7, 11) is 1.44. The van der Waals surface area contributed by atoms with Crippen molar-refractivity contribution in [1.29, 1.82) is 0 Å². The van der Waals surface area contributed by atoms with Gasteiger partial charge in [-0.05, 0) is 24.9 Å². The molecule has 8 nitrogen and oxygen atoms in total. The second-order valence-electron chi connectivity index (χ2n) is 7.95. The van der Waals surface area contributed by atoms with Crippen LogP contribution in [-0.4, -0.2) is 53.8 Å². The summed E-state index contributed by atoms with van der Waals surface area (Å²) in [5.74, 6) is -2.13. The highest BCUT2D eigenvalue weighted by molar-refractivity contribution is 5.75. The zero-order valence-electron chi connectivity index (χ0n) is 17.2. The molecule has 0 spiro atoms. The lowest BCUT2D eigenvalue weighted by atomic mass is 9.86. The van der Waals surface area contributed by atoms with Gasteiger partial charge >= 0.3 is 5.97 Å². The first-order valence-corrected chi connectivity index (χ1v) is 10.3. The van der Waals surface area contributed by atoms with Crippen molar-refractivity contribution in [3.63, 3.8) is 0 Å². The average Bonchev–Trinajstić information content (AvgIpc) is 3.18. The summed E-state index contributed by atoms with van der Waals surface area (Å²) >= 11 is 0. The number of fused-ring (bicyclic) bond motifs is 3. The Morgan fingerprint density at radius 1 is 1.23 bits per heavy atom. The van der Waals surface area contributed by atoms with Crippen molar-refractivity contribution in [1.82, 2.24) is 0 Å². The van der Waals surface area contributed by atoms with Crippen LogP contribution in [0.15, 0.2) is 42.5 Å². The summed E-state index contributed by atoms with van der Waals surface area (Å²) in [4.78, 5) is 12.1. The van der Waals surface area contributed by atoms with Crippen molar-refractivity contribution < 1.29 is 34.3 Å². The Labute approximate surface area is 180 Å². The molecule has 0 bridgehead atoms. The minimum atomic E-state index is -1.94. The number of nitrogens with two attached hydrogens (primary N) is 1. The maximum Gasteiger partial charge on any atom is 0.310 e. The van der Waals surface area contributed by atoms with Gasteiger partial charge in [-0.25, -0.2) is 0 Å². The number of ether oxygens (including phenoxy) is 3. The zero-order chi connectivity index (χ0) is 22.2. The largest absolute Gasteiger partial charge is 0.496 e. The number of hydrogen-bond donors (Lipinski definition) is 4. The number of aliphatic hydroxyl groups excluding tert-OH is 1. The van der Waals surface area contributed by atoms with E-state index in [9.17, 15) is 20.1 Å². The van der Waals surface area contributed by atoms with Crippen molar-refractivity contribution in [3.05, 3.63) is 53.6 Å². The van der Waals surface area contributed by atoms with Gasteiger partial charge in [-0.15, -0.1) is 0 Å². The fraction of sp³-hybridized carbons (Fsp3) is 0.435. The predicted molar refractivity (Wildman–Crippen MR) is 111 cm³/mol.